The molecule has 0 aliphatic rings. The predicted molar refractivity (Wildman–Crippen MR) is 249 cm³/mol. The van der Waals surface area contributed by atoms with Crippen LogP contribution in [0.25, 0.3) is 0 Å². The van der Waals surface area contributed by atoms with Gasteiger partial charge in [-0.2, -0.15) is 0 Å². The second-order valence-electron chi connectivity index (χ2n) is 17.1. The molecule has 0 aromatic heterocycles. The zero-order valence-electron chi connectivity index (χ0n) is 38.9. The van der Waals surface area contributed by atoms with Gasteiger partial charge >= 0.3 is 5.97 Å². The second kappa shape index (κ2) is 42.9. The molecule has 0 spiro atoms. The maximum atomic E-state index is 12.7. The fraction of sp³-hybridized carbons (Fsp3) is 0.780. The molecule has 2 unspecified atom stereocenters. The molecule has 0 saturated carbocycles. The number of phosphoric acid groups is 1. The number of carbonyl (C=O) groups is 1. The van der Waals surface area contributed by atoms with Gasteiger partial charge in [0.1, 0.15) is 19.3 Å². The third kappa shape index (κ3) is 47.1. The maximum Gasteiger partial charge on any atom is 0.306 e. The standard InChI is InChI=1S/C50H92NO7P/c1-6-8-10-12-14-16-18-20-22-23-24-25-26-27-28-30-32-34-36-38-40-42-45-55-47-49(48-57-59(53,54)56-46-44-51(3,4)5)58-50(52)43-41-39-37-35-33-31-29-21-19-17-15-13-11-9-7-2/h9,11,15,17,21,23-24,29,33,35,49H,6-8,10,12-14,16,18-20,22,25-28,30-32,34,36-48H2,1-5H3/b11-9-,17-15-,24-23-,29-21-,35-33-. The molecule has 0 aliphatic heterocycles. The summed E-state index contributed by atoms with van der Waals surface area (Å²) in [6.45, 7) is 5.24. The summed E-state index contributed by atoms with van der Waals surface area (Å²) >= 11 is 0. The summed E-state index contributed by atoms with van der Waals surface area (Å²) in [5, 5.41) is 0. The Morgan fingerprint density at radius 2 is 0.983 bits per heavy atom. The zero-order chi connectivity index (χ0) is 43.4. The number of hydrogen-bond donors (Lipinski definition) is 0. The highest BCUT2D eigenvalue weighted by molar-refractivity contribution is 7.45. The number of phosphoric ester groups is 1. The number of carbonyl (C=O) groups excluding carboxylic acids is 1. The fourth-order valence-corrected chi connectivity index (χ4v) is 7.08. The SMILES string of the molecule is CC/C=C\C/C=C\C/C=C\C/C=C\CCCCC(=O)OC(COCCCCCCCCCCCC/C=C\CCCCCCCCCC)COP(=O)([O-])OCC[N+](C)(C)C. The molecule has 2 atom stereocenters. The van der Waals surface area contributed by atoms with Crippen LogP contribution in [-0.4, -0.2) is 70.7 Å². The molecule has 0 aliphatic carbocycles. The average Bonchev–Trinajstić information content (AvgIpc) is 3.19. The first-order chi connectivity index (χ1) is 28.6. The highest BCUT2D eigenvalue weighted by Gasteiger charge is 2.20. The first-order valence-corrected chi connectivity index (χ1v) is 25.5. The van der Waals surface area contributed by atoms with Crippen LogP contribution in [0.15, 0.2) is 60.8 Å². The Kier molecular flexibility index (Phi) is 41.6. The summed E-state index contributed by atoms with van der Waals surface area (Å²) in [4.78, 5) is 25.1. The van der Waals surface area contributed by atoms with Gasteiger partial charge in [0.25, 0.3) is 7.82 Å². The molecule has 59 heavy (non-hydrogen) atoms. The lowest BCUT2D eigenvalue weighted by molar-refractivity contribution is -0.870. The monoisotopic (exact) mass is 850 g/mol. The predicted octanol–water partition coefficient (Wildman–Crippen LogP) is 13.9. The second-order valence-corrected chi connectivity index (χ2v) is 18.5. The molecular formula is C50H92NO7P. The molecule has 0 heterocycles. The van der Waals surface area contributed by atoms with Crippen LogP contribution in [0.3, 0.4) is 0 Å². The van der Waals surface area contributed by atoms with Gasteiger partial charge < -0.3 is 27.9 Å². The van der Waals surface area contributed by atoms with E-state index in [0.717, 1.165) is 51.4 Å². The number of likely N-dealkylation sites (N-methyl/N-ethyl adjacent to an activating group) is 1. The minimum Gasteiger partial charge on any atom is -0.756 e. The van der Waals surface area contributed by atoms with Crippen LogP contribution in [0.1, 0.15) is 194 Å². The van der Waals surface area contributed by atoms with Crippen LogP contribution < -0.4 is 4.89 Å². The van der Waals surface area contributed by atoms with Crippen molar-refractivity contribution in [2.75, 3.05) is 54.1 Å². The average molecular weight is 850 g/mol. The summed E-state index contributed by atoms with van der Waals surface area (Å²) in [5.74, 6) is -0.375. The molecular weight excluding hydrogens is 758 g/mol. The Hall–Kier alpha value is -1.80. The van der Waals surface area contributed by atoms with Crippen molar-refractivity contribution in [3.8, 4) is 0 Å². The normalized spacial score (nSPS) is 14.2. The van der Waals surface area contributed by atoms with Crippen molar-refractivity contribution in [1.82, 2.24) is 0 Å². The fourth-order valence-electron chi connectivity index (χ4n) is 6.36. The minimum atomic E-state index is -4.54. The lowest BCUT2D eigenvalue weighted by Crippen LogP contribution is -2.37. The van der Waals surface area contributed by atoms with Crippen LogP contribution in [0.4, 0.5) is 0 Å². The smallest absolute Gasteiger partial charge is 0.306 e. The van der Waals surface area contributed by atoms with Gasteiger partial charge in [0.2, 0.25) is 0 Å². The highest BCUT2D eigenvalue weighted by atomic mass is 31.2. The van der Waals surface area contributed by atoms with Gasteiger partial charge in [-0.1, -0.05) is 171 Å². The van der Waals surface area contributed by atoms with Gasteiger partial charge in [0.15, 0.2) is 0 Å². The third-order valence-corrected chi connectivity index (χ3v) is 11.0. The van der Waals surface area contributed by atoms with Gasteiger partial charge in [0, 0.05) is 13.0 Å². The molecule has 0 N–H and O–H groups in total. The van der Waals surface area contributed by atoms with E-state index in [1.54, 1.807) is 0 Å². The van der Waals surface area contributed by atoms with Crippen molar-refractivity contribution in [1.29, 1.82) is 0 Å². The molecule has 0 aromatic carbocycles. The van der Waals surface area contributed by atoms with Crippen molar-refractivity contribution in [2.45, 2.75) is 200 Å². The van der Waals surface area contributed by atoms with Crippen LogP contribution in [0.2, 0.25) is 0 Å². The molecule has 0 radical (unpaired) electrons. The molecule has 0 amide bonds. The van der Waals surface area contributed by atoms with E-state index in [0.29, 0.717) is 24.1 Å². The molecule has 344 valence electrons. The van der Waals surface area contributed by atoms with Crippen molar-refractivity contribution < 1.29 is 37.3 Å². The van der Waals surface area contributed by atoms with Gasteiger partial charge in [-0.05, 0) is 77.0 Å². The summed E-state index contributed by atoms with van der Waals surface area (Å²) in [6.07, 6.45) is 53.9. The van der Waals surface area contributed by atoms with Gasteiger partial charge in [-0.15, -0.1) is 0 Å². The van der Waals surface area contributed by atoms with Crippen molar-refractivity contribution in [2.24, 2.45) is 0 Å². The number of nitrogens with zero attached hydrogens (tertiary/aromatic N) is 1. The van der Waals surface area contributed by atoms with E-state index in [-0.39, 0.29) is 32.2 Å². The number of unbranched alkanes of at least 4 members (excludes halogenated alkanes) is 20. The van der Waals surface area contributed by atoms with E-state index in [1.807, 2.05) is 21.1 Å². The lowest BCUT2D eigenvalue weighted by atomic mass is 10.1. The van der Waals surface area contributed by atoms with E-state index in [2.05, 4.69) is 74.6 Å². The van der Waals surface area contributed by atoms with E-state index in [1.165, 1.54) is 116 Å². The molecule has 0 saturated heterocycles. The number of allylic oxidation sites excluding steroid dienone is 10. The number of esters is 1. The molecule has 0 bridgehead atoms. The van der Waals surface area contributed by atoms with Crippen LogP contribution in [-0.2, 0) is 27.9 Å². The maximum absolute atomic E-state index is 12.7. The van der Waals surface area contributed by atoms with Crippen LogP contribution in [0.5, 0.6) is 0 Å². The van der Waals surface area contributed by atoms with E-state index >= 15 is 0 Å². The van der Waals surface area contributed by atoms with Crippen molar-refractivity contribution >= 4 is 13.8 Å². The molecule has 0 fully saturated rings. The Balaban J connectivity index is 4.20. The van der Waals surface area contributed by atoms with Gasteiger partial charge in [0.05, 0.1) is 34.4 Å². The first-order valence-electron chi connectivity index (χ1n) is 24.0. The largest absolute Gasteiger partial charge is 0.756 e. The van der Waals surface area contributed by atoms with Crippen molar-refractivity contribution in [3.63, 3.8) is 0 Å². The Morgan fingerprint density at radius 3 is 1.49 bits per heavy atom. The first kappa shape index (κ1) is 57.2. The number of ether oxygens (including phenoxy) is 2. The number of quaternary nitrogens is 1. The minimum absolute atomic E-state index is 0.0157. The Labute approximate surface area is 364 Å². The summed E-state index contributed by atoms with van der Waals surface area (Å²) in [5.41, 5.74) is 0. The summed E-state index contributed by atoms with van der Waals surface area (Å²) in [7, 11) is 1.32. The Bertz CT molecular complexity index is 1130. The number of hydrogen-bond acceptors (Lipinski definition) is 7. The topological polar surface area (TPSA) is 94.1 Å². The quantitative estimate of drug-likeness (QED) is 0.0198. The zero-order valence-corrected chi connectivity index (χ0v) is 39.8. The summed E-state index contributed by atoms with van der Waals surface area (Å²) in [6, 6.07) is 0. The van der Waals surface area contributed by atoms with E-state index in [4.69, 9.17) is 18.5 Å². The lowest BCUT2D eigenvalue weighted by Gasteiger charge is -2.28. The van der Waals surface area contributed by atoms with E-state index in [9.17, 15) is 14.3 Å². The van der Waals surface area contributed by atoms with Crippen LogP contribution >= 0.6 is 7.82 Å². The van der Waals surface area contributed by atoms with E-state index < -0.39 is 13.9 Å². The van der Waals surface area contributed by atoms with Gasteiger partial charge in [-0.25, -0.2) is 0 Å². The highest BCUT2D eigenvalue weighted by Crippen LogP contribution is 2.38. The van der Waals surface area contributed by atoms with Gasteiger partial charge in [-0.3, -0.25) is 9.36 Å². The van der Waals surface area contributed by atoms with Crippen LogP contribution in [0, 0.1) is 0 Å². The Morgan fingerprint density at radius 1 is 0.542 bits per heavy atom. The molecule has 0 aromatic rings. The molecule has 9 heteroatoms. The number of rotatable bonds is 44. The summed E-state index contributed by atoms with van der Waals surface area (Å²) < 4.78 is 34.6. The third-order valence-electron chi connectivity index (χ3n) is 10.1. The molecule has 0 rings (SSSR count). The van der Waals surface area contributed by atoms with Crippen molar-refractivity contribution in [3.05, 3.63) is 60.8 Å². The molecule has 8 nitrogen and oxygen atoms in total.